The van der Waals surface area contributed by atoms with E-state index in [2.05, 4.69) is 36.2 Å². The standard InChI is InChI=1S/C16H26N2O/c1-13(2)18-11-4-5-14(10-12-18)17-15-6-8-16(19-3)9-7-15/h6-9,13-14,17H,4-5,10-12H2,1-3H3. The van der Waals surface area contributed by atoms with Crippen molar-refractivity contribution < 1.29 is 4.74 Å². The highest BCUT2D eigenvalue weighted by Crippen LogP contribution is 2.20. The molecule has 1 aliphatic rings. The average Bonchev–Trinajstić information content (AvgIpc) is 2.65. The second-order valence-electron chi connectivity index (χ2n) is 5.63. The number of anilines is 1. The maximum Gasteiger partial charge on any atom is 0.119 e. The molecule has 0 aromatic heterocycles. The highest BCUT2D eigenvalue weighted by Gasteiger charge is 2.18. The molecule has 1 aromatic rings. The van der Waals surface area contributed by atoms with Gasteiger partial charge in [-0.3, -0.25) is 0 Å². The Morgan fingerprint density at radius 3 is 2.53 bits per heavy atom. The molecule has 0 spiro atoms. The number of ether oxygens (including phenoxy) is 1. The van der Waals surface area contributed by atoms with Crippen molar-refractivity contribution in [3.63, 3.8) is 0 Å². The summed E-state index contributed by atoms with van der Waals surface area (Å²) in [5.74, 6) is 0.914. The van der Waals surface area contributed by atoms with Crippen LogP contribution in [0.5, 0.6) is 5.75 Å². The molecular formula is C16H26N2O. The zero-order chi connectivity index (χ0) is 13.7. The summed E-state index contributed by atoms with van der Waals surface area (Å²) in [4.78, 5) is 2.58. The Labute approximate surface area is 116 Å². The largest absolute Gasteiger partial charge is 0.497 e. The number of hydrogen-bond donors (Lipinski definition) is 1. The maximum absolute atomic E-state index is 5.19. The molecule has 0 aliphatic carbocycles. The first kappa shape index (κ1) is 14.2. The van der Waals surface area contributed by atoms with E-state index in [1.165, 1.54) is 38.0 Å². The van der Waals surface area contributed by atoms with E-state index >= 15 is 0 Å². The number of rotatable bonds is 4. The number of likely N-dealkylation sites (tertiary alicyclic amines) is 1. The summed E-state index contributed by atoms with van der Waals surface area (Å²) in [6.07, 6.45) is 3.77. The number of benzene rings is 1. The summed E-state index contributed by atoms with van der Waals surface area (Å²) < 4.78 is 5.19. The molecule has 3 nitrogen and oxygen atoms in total. The molecule has 106 valence electrons. The van der Waals surface area contributed by atoms with Crippen molar-refractivity contribution in [2.24, 2.45) is 0 Å². The van der Waals surface area contributed by atoms with Crippen LogP contribution in [0.2, 0.25) is 0 Å². The number of methoxy groups -OCH3 is 1. The molecule has 1 atom stereocenters. The van der Waals surface area contributed by atoms with Crippen LogP contribution in [-0.2, 0) is 0 Å². The lowest BCUT2D eigenvalue weighted by Crippen LogP contribution is -2.32. The fraction of sp³-hybridized carbons (Fsp3) is 0.625. The smallest absolute Gasteiger partial charge is 0.119 e. The van der Waals surface area contributed by atoms with Gasteiger partial charge in [0.1, 0.15) is 5.75 Å². The molecule has 0 radical (unpaired) electrons. The van der Waals surface area contributed by atoms with Gasteiger partial charge in [-0.05, 0) is 63.9 Å². The Kier molecular flexibility index (Phi) is 5.08. The van der Waals surface area contributed by atoms with Gasteiger partial charge in [0.2, 0.25) is 0 Å². The third kappa shape index (κ3) is 4.13. The quantitative estimate of drug-likeness (QED) is 0.900. The Bertz CT molecular complexity index is 375. The minimum atomic E-state index is 0.595. The summed E-state index contributed by atoms with van der Waals surface area (Å²) in [6, 6.07) is 9.49. The lowest BCUT2D eigenvalue weighted by molar-refractivity contribution is 0.230. The molecule has 1 fully saturated rings. The molecule has 0 bridgehead atoms. The van der Waals surface area contributed by atoms with Crippen LogP contribution < -0.4 is 10.1 Å². The lowest BCUT2D eigenvalue weighted by Gasteiger charge is -2.24. The second kappa shape index (κ2) is 6.80. The van der Waals surface area contributed by atoms with Gasteiger partial charge < -0.3 is 15.0 Å². The normalized spacial score (nSPS) is 21.2. The predicted molar refractivity (Wildman–Crippen MR) is 81.0 cm³/mol. The van der Waals surface area contributed by atoms with E-state index in [9.17, 15) is 0 Å². The molecule has 1 saturated heterocycles. The van der Waals surface area contributed by atoms with Crippen LogP contribution in [-0.4, -0.2) is 37.2 Å². The Balaban J connectivity index is 1.88. The van der Waals surface area contributed by atoms with Crippen LogP contribution in [0.4, 0.5) is 5.69 Å². The molecule has 1 N–H and O–H groups in total. The number of nitrogens with zero attached hydrogens (tertiary/aromatic N) is 1. The summed E-state index contributed by atoms with van der Waals surface area (Å²) in [7, 11) is 1.70. The van der Waals surface area contributed by atoms with E-state index in [1.807, 2.05) is 12.1 Å². The SMILES string of the molecule is COc1ccc(NC2CCCN(C(C)C)CC2)cc1. The lowest BCUT2D eigenvalue weighted by atomic mass is 10.1. The average molecular weight is 262 g/mol. The molecule has 0 amide bonds. The van der Waals surface area contributed by atoms with Crippen LogP contribution in [0.15, 0.2) is 24.3 Å². The Morgan fingerprint density at radius 2 is 1.89 bits per heavy atom. The van der Waals surface area contributed by atoms with E-state index in [1.54, 1.807) is 7.11 Å². The maximum atomic E-state index is 5.19. The molecule has 0 saturated carbocycles. The fourth-order valence-corrected chi connectivity index (χ4v) is 2.70. The molecule has 1 aliphatic heterocycles. The number of nitrogens with one attached hydrogen (secondary N) is 1. The molecule has 1 unspecified atom stereocenters. The Hall–Kier alpha value is -1.22. The third-order valence-electron chi connectivity index (χ3n) is 3.95. The summed E-state index contributed by atoms with van der Waals surface area (Å²) in [5.41, 5.74) is 1.20. The van der Waals surface area contributed by atoms with Gasteiger partial charge in [-0.1, -0.05) is 0 Å². The highest BCUT2D eigenvalue weighted by atomic mass is 16.5. The minimum Gasteiger partial charge on any atom is -0.497 e. The fourth-order valence-electron chi connectivity index (χ4n) is 2.70. The van der Waals surface area contributed by atoms with Gasteiger partial charge in [0.25, 0.3) is 0 Å². The van der Waals surface area contributed by atoms with Crippen LogP contribution in [0.25, 0.3) is 0 Å². The minimum absolute atomic E-state index is 0.595. The zero-order valence-corrected chi connectivity index (χ0v) is 12.4. The first-order valence-corrected chi connectivity index (χ1v) is 7.33. The van der Waals surface area contributed by atoms with E-state index < -0.39 is 0 Å². The third-order valence-corrected chi connectivity index (χ3v) is 3.95. The van der Waals surface area contributed by atoms with Gasteiger partial charge in [-0.25, -0.2) is 0 Å². The summed E-state index contributed by atoms with van der Waals surface area (Å²) >= 11 is 0. The van der Waals surface area contributed by atoms with Gasteiger partial charge in [0.05, 0.1) is 7.11 Å². The molecule has 1 heterocycles. The first-order valence-electron chi connectivity index (χ1n) is 7.33. The van der Waals surface area contributed by atoms with Crippen molar-refractivity contribution >= 4 is 5.69 Å². The topological polar surface area (TPSA) is 24.5 Å². The zero-order valence-electron chi connectivity index (χ0n) is 12.4. The van der Waals surface area contributed by atoms with Crippen molar-refractivity contribution in [1.82, 2.24) is 4.90 Å². The van der Waals surface area contributed by atoms with E-state index in [4.69, 9.17) is 4.74 Å². The van der Waals surface area contributed by atoms with Gasteiger partial charge in [-0.15, -0.1) is 0 Å². The van der Waals surface area contributed by atoms with Gasteiger partial charge in [0, 0.05) is 24.3 Å². The highest BCUT2D eigenvalue weighted by molar-refractivity contribution is 5.47. The van der Waals surface area contributed by atoms with Crippen LogP contribution in [0.3, 0.4) is 0 Å². The summed E-state index contributed by atoms with van der Waals surface area (Å²) in [6.45, 7) is 7.01. The van der Waals surface area contributed by atoms with E-state index in [0.717, 1.165) is 5.75 Å². The second-order valence-corrected chi connectivity index (χ2v) is 5.63. The monoisotopic (exact) mass is 262 g/mol. The van der Waals surface area contributed by atoms with Gasteiger partial charge in [-0.2, -0.15) is 0 Å². The van der Waals surface area contributed by atoms with E-state index in [0.29, 0.717) is 12.1 Å². The van der Waals surface area contributed by atoms with Crippen molar-refractivity contribution in [3.8, 4) is 5.75 Å². The van der Waals surface area contributed by atoms with Crippen molar-refractivity contribution in [2.75, 3.05) is 25.5 Å². The molecular weight excluding hydrogens is 236 g/mol. The molecule has 19 heavy (non-hydrogen) atoms. The van der Waals surface area contributed by atoms with Crippen molar-refractivity contribution in [3.05, 3.63) is 24.3 Å². The van der Waals surface area contributed by atoms with Crippen LogP contribution >= 0.6 is 0 Å². The Morgan fingerprint density at radius 1 is 1.16 bits per heavy atom. The molecule has 2 rings (SSSR count). The molecule has 3 heteroatoms. The van der Waals surface area contributed by atoms with Gasteiger partial charge in [0.15, 0.2) is 0 Å². The number of hydrogen-bond acceptors (Lipinski definition) is 3. The molecule has 1 aromatic carbocycles. The summed E-state index contributed by atoms with van der Waals surface area (Å²) in [5, 5.41) is 3.65. The van der Waals surface area contributed by atoms with E-state index in [-0.39, 0.29) is 0 Å². The van der Waals surface area contributed by atoms with Crippen LogP contribution in [0.1, 0.15) is 33.1 Å². The predicted octanol–water partition coefficient (Wildman–Crippen LogP) is 3.37. The van der Waals surface area contributed by atoms with Crippen molar-refractivity contribution in [2.45, 2.75) is 45.2 Å². The van der Waals surface area contributed by atoms with Gasteiger partial charge >= 0.3 is 0 Å². The van der Waals surface area contributed by atoms with Crippen LogP contribution in [0, 0.1) is 0 Å². The first-order chi connectivity index (χ1) is 9.19. The van der Waals surface area contributed by atoms with Crippen molar-refractivity contribution in [1.29, 1.82) is 0 Å².